The molecule has 0 amide bonds. The lowest BCUT2D eigenvalue weighted by atomic mass is 10.1. The maximum atomic E-state index is 5.39. The van der Waals surface area contributed by atoms with Gasteiger partial charge in [0.15, 0.2) is 11.6 Å². The van der Waals surface area contributed by atoms with E-state index in [1.54, 1.807) is 38.0 Å². The molecule has 6 nitrogen and oxygen atoms in total. The fourth-order valence-electron chi connectivity index (χ4n) is 4.09. The Labute approximate surface area is 220 Å². The van der Waals surface area contributed by atoms with E-state index in [-0.39, 0.29) is 12.2 Å². The van der Waals surface area contributed by atoms with Crippen LogP contribution in [0, 0.1) is 23.7 Å². The number of benzene rings is 2. The lowest BCUT2D eigenvalue weighted by molar-refractivity contribution is 0.103. The number of nitrogens with zero attached hydrogens (tertiary/aromatic N) is 4. The minimum absolute atomic E-state index is 0.0899. The molecule has 186 valence electrons. The summed E-state index contributed by atoms with van der Waals surface area (Å²) < 4.78 is 17.2. The summed E-state index contributed by atoms with van der Waals surface area (Å²) in [7, 11) is 3.42. The van der Waals surface area contributed by atoms with Gasteiger partial charge in [-0.3, -0.25) is 0 Å². The highest BCUT2D eigenvalue weighted by Gasteiger charge is 2.10. The molecule has 0 saturated carbocycles. The molecule has 3 heterocycles. The van der Waals surface area contributed by atoms with Crippen LogP contribution in [-0.4, -0.2) is 45.5 Å². The van der Waals surface area contributed by atoms with Gasteiger partial charge in [0.2, 0.25) is 0 Å². The van der Waals surface area contributed by atoms with Crippen LogP contribution in [0.15, 0.2) is 61.2 Å². The van der Waals surface area contributed by atoms with Gasteiger partial charge in [0.1, 0.15) is 0 Å². The molecule has 0 saturated heterocycles. The smallest absolute Gasteiger partial charge is 0.185 e. The Morgan fingerprint density at radius 1 is 0.811 bits per heavy atom. The molecule has 0 radical (unpaired) electrons. The van der Waals surface area contributed by atoms with E-state index in [0.29, 0.717) is 13.1 Å². The lowest BCUT2D eigenvalue weighted by Crippen LogP contribution is -2.15. The van der Waals surface area contributed by atoms with Crippen molar-refractivity contribution >= 4 is 31.5 Å². The van der Waals surface area contributed by atoms with E-state index in [1.165, 1.54) is 20.2 Å². The average Bonchev–Trinajstić information content (AvgIpc) is 3.64. The van der Waals surface area contributed by atoms with Gasteiger partial charge >= 0.3 is 0 Å². The van der Waals surface area contributed by atoms with E-state index in [1.807, 2.05) is 35.4 Å². The summed E-state index contributed by atoms with van der Waals surface area (Å²) in [5, 5.41) is 2.41. The van der Waals surface area contributed by atoms with Crippen molar-refractivity contribution in [1.82, 2.24) is 19.1 Å². The zero-order valence-electron chi connectivity index (χ0n) is 21.4. The van der Waals surface area contributed by atoms with Crippen molar-refractivity contribution in [3.8, 4) is 23.7 Å². The highest BCUT2D eigenvalue weighted by atomic mass is 32.1. The molecule has 5 rings (SSSR count). The number of thiophene rings is 1. The second-order valence-electron chi connectivity index (χ2n) is 8.89. The topological polar surface area (TPSA) is 54.1 Å². The van der Waals surface area contributed by atoms with Gasteiger partial charge in [-0.25, -0.2) is 9.97 Å². The molecule has 0 fully saturated rings. The zero-order chi connectivity index (χ0) is 25.8. The molecule has 2 aromatic carbocycles. The molecular weight excluding hydrogens is 480 g/mol. The maximum Gasteiger partial charge on any atom is 0.185 e. The van der Waals surface area contributed by atoms with Gasteiger partial charge in [-0.2, -0.15) is 0 Å². The summed E-state index contributed by atoms with van der Waals surface area (Å²) in [6.07, 6.45) is 7.60. The number of hydrogen-bond donors (Lipinski definition) is 0. The lowest BCUT2D eigenvalue weighted by Gasteiger charge is -2.10. The number of ether oxygens (including phenoxy) is 2. The molecule has 0 N–H and O–H groups in total. The van der Waals surface area contributed by atoms with Crippen LogP contribution in [0.4, 0.5) is 0 Å². The van der Waals surface area contributed by atoms with E-state index in [4.69, 9.17) is 9.47 Å². The summed E-state index contributed by atoms with van der Waals surface area (Å²) in [5.74, 6) is 14.6. The van der Waals surface area contributed by atoms with Crippen LogP contribution >= 0.6 is 11.3 Å². The van der Waals surface area contributed by atoms with Crippen LogP contribution < -0.4 is 0 Å². The highest BCUT2D eigenvalue weighted by Crippen LogP contribution is 2.36. The first-order valence-electron chi connectivity index (χ1n) is 12.1. The van der Waals surface area contributed by atoms with Gasteiger partial charge < -0.3 is 18.6 Å². The first kappa shape index (κ1) is 24.8. The first-order valence-corrected chi connectivity index (χ1v) is 12.9. The number of imidazole rings is 2. The van der Waals surface area contributed by atoms with E-state index >= 15 is 0 Å². The van der Waals surface area contributed by atoms with E-state index in [0.717, 1.165) is 22.8 Å². The molecule has 3 aromatic heterocycles. The van der Waals surface area contributed by atoms with E-state index in [9.17, 15) is 0 Å². The Hall–Kier alpha value is -3.88. The van der Waals surface area contributed by atoms with Gasteiger partial charge in [-0.1, -0.05) is 30.0 Å². The summed E-state index contributed by atoms with van der Waals surface area (Å²) in [5.41, 5.74) is 1.95. The number of fused-ring (bicyclic) bond motifs is 3. The summed E-state index contributed by atoms with van der Waals surface area (Å²) in [4.78, 5) is 8.83. The molecule has 7 heteroatoms. The summed E-state index contributed by atoms with van der Waals surface area (Å²) in [6, 6.07) is 12.6. The van der Waals surface area contributed by atoms with Crippen molar-refractivity contribution in [1.29, 1.82) is 0 Å². The molecule has 0 aliphatic carbocycles. The van der Waals surface area contributed by atoms with Crippen molar-refractivity contribution in [2.75, 3.05) is 14.2 Å². The zero-order valence-corrected chi connectivity index (χ0v) is 22.2. The predicted molar refractivity (Wildman–Crippen MR) is 149 cm³/mol. The quantitative estimate of drug-likeness (QED) is 0.292. The Morgan fingerprint density at radius 2 is 1.46 bits per heavy atom. The van der Waals surface area contributed by atoms with E-state index in [2.05, 4.69) is 70.0 Å². The summed E-state index contributed by atoms with van der Waals surface area (Å²) >= 11 is 1.74. The molecule has 0 spiro atoms. The Kier molecular flexibility index (Phi) is 7.39. The fraction of sp³-hybridized carbons (Fsp3) is 0.267. The molecule has 2 atom stereocenters. The van der Waals surface area contributed by atoms with Crippen molar-refractivity contribution in [3.05, 3.63) is 84.0 Å². The molecular formula is C30H28N4O2S. The first-order chi connectivity index (χ1) is 18.1. The van der Waals surface area contributed by atoms with Crippen LogP contribution in [0.1, 0.15) is 36.6 Å². The van der Waals surface area contributed by atoms with Crippen LogP contribution in [0.5, 0.6) is 0 Å². The van der Waals surface area contributed by atoms with Crippen molar-refractivity contribution < 1.29 is 9.47 Å². The normalized spacial score (nSPS) is 12.6. The molecule has 0 unspecified atom stereocenters. The Bertz CT molecular complexity index is 1670. The average molecular weight is 509 g/mol. The van der Waals surface area contributed by atoms with Crippen molar-refractivity contribution in [3.63, 3.8) is 0 Å². The molecule has 0 aliphatic heterocycles. The maximum absolute atomic E-state index is 5.39. The predicted octanol–water partition coefficient (Wildman–Crippen LogP) is 5.32. The number of aromatic nitrogens is 4. The third-order valence-electron chi connectivity index (χ3n) is 6.27. The largest absolute Gasteiger partial charge is 0.380 e. The minimum atomic E-state index is 0.0899. The molecule has 37 heavy (non-hydrogen) atoms. The van der Waals surface area contributed by atoms with Gasteiger partial charge in [0.25, 0.3) is 0 Å². The Morgan fingerprint density at radius 3 is 2.11 bits per heavy atom. The fourth-order valence-corrected chi connectivity index (χ4v) is 5.30. The standard InChI is InChI=1S/C30H28N4O2S/c1-21(35-3)19-33-16-14-31-28(33)12-9-23-8-11-25-26-7-5-6-24(30(26)37-27(25)18-23)10-13-29-32-15-17-34(29)20-22(2)36-4/h5-8,11,14-18,21-22H,19-20H2,1-4H3/t21-,22-/m0/s1. The third-order valence-corrected chi connectivity index (χ3v) is 7.47. The van der Waals surface area contributed by atoms with Crippen LogP contribution in [0.25, 0.3) is 20.2 Å². The van der Waals surface area contributed by atoms with Crippen molar-refractivity contribution in [2.24, 2.45) is 0 Å². The third kappa shape index (κ3) is 5.45. The number of hydrogen-bond acceptors (Lipinski definition) is 5. The van der Waals surface area contributed by atoms with Gasteiger partial charge in [-0.05, 0) is 43.9 Å². The van der Waals surface area contributed by atoms with Crippen LogP contribution in [0.3, 0.4) is 0 Å². The number of methoxy groups -OCH3 is 2. The minimum Gasteiger partial charge on any atom is -0.380 e. The molecule has 0 bridgehead atoms. The summed E-state index contributed by atoms with van der Waals surface area (Å²) in [6.45, 7) is 5.49. The number of rotatable bonds is 6. The second-order valence-corrected chi connectivity index (χ2v) is 9.95. The van der Waals surface area contributed by atoms with Crippen LogP contribution in [0.2, 0.25) is 0 Å². The monoisotopic (exact) mass is 508 g/mol. The van der Waals surface area contributed by atoms with Gasteiger partial charge in [0, 0.05) is 65.6 Å². The Balaban J connectivity index is 1.45. The SMILES string of the molecule is CO[C@@H](C)Cn1ccnc1C#Cc1ccc2c(c1)sc1c(C#Cc3nccn3C[C@H](C)OC)cccc12. The van der Waals surface area contributed by atoms with Crippen LogP contribution in [-0.2, 0) is 22.6 Å². The second kappa shape index (κ2) is 11.0. The highest BCUT2D eigenvalue weighted by molar-refractivity contribution is 7.26. The molecule has 0 aliphatic rings. The van der Waals surface area contributed by atoms with E-state index < -0.39 is 0 Å². The van der Waals surface area contributed by atoms with Gasteiger partial charge in [0.05, 0.1) is 30.0 Å². The molecule has 5 aromatic rings. The van der Waals surface area contributed by atoms with Gasteiger partial charge in [-0.15, -0.1) is 11.3 Å². The van der Waals surface area contributed by atoms with Crippen molar-refractivity contribution in [2.45, 2.75) is 39.1 Å².